The van der Waals surface area contributed by atoms with Crippen molar-refractivity contribution < 1.29 is 24.1 Å². The van der Waals surface area contributed by atoms with Crippen molar-refractivity contribution in [3.05, 3.63) is 64.7 Å². The average molecular weight is 649 g/mol. The van der Waals surface area contributed by atoms with Crippen LogP contribution in [0.2, 0.25) is 5.02 Å². The van der Waals surface area contributed by atoms with Gasteiger partial charge < -0.3 is 24.2 Å². The van der Waals surface area contributed by atoms with Crippen molar-refractivity contribution in [2.45, 2.75) is 45.5 Å². The van der Waals surface area contributed by atoms with E-state index in [1.54, 1.807) is 18.4 Å². The predicted octanol–water partition coefficient (Wildman–Crippen LogP) is 7.27. The van der Waals surface area contributed by atoms with Crippen LogP contribution in [0, 0.1) is 6.92 Å². The summed E-state index contributed by atoms with van der Waals surface area (Å²) in [6.45, 7) is 10.2. The van der Waals surface area contributed by atoms with Gasteiger partial charge in [-0.25, -0.2) is 9.78 Å². The fourth-order valence-electron chi connectivity index (χ4n) is 5.79. The lowest BCUT2D eigenvalue weighted by molar-refractivity contribution is -0.160. The van der Waals surface area contributed by atoms with Crippen LogP contribution in [0.3, 0.4) is 0 Å². The van der Waals surface area contributed by atoms with Gasteiger partial charge in [-0.3, -0.25) is 4.68 Å². The van der Waals surface area contributed by atoms with Crippen molar-refractivity contribution in [3.63, 3.8) is 0 Å². The maximum atomic E-state index is 12.7. The zero-order chi connectivity index (χ0) is 32.0. The van der Waals surface area contributed by atoms with Crippen LogP contribution in [0.5, 0.6) is 0 Å². The summed E-state index contributed by atoms with van der Waals surface area (Å²) in [6, 6.07) is 15.7. The second-order valence-corrected chi connectivity index (χ2v) is 13.8. The largest absolute Gasteiger partial charge is 0.479 e. The van der Waals surface area contributed by atoms with Gasteiger partial charge in [-0.15, -0.1) is 11.3 Å². The number of halogens is 1. The Hall–Kier alpha value is -3.54. The van der Waals surface area contributed by atoms with Gasteiger partial charge in [0.15, 0.2) is 11.9 Å². The lowest BCUT2D eigenvalue weighted by Gasteiger charge is -2.39. The molecule has 0 spiro atoms. The highest BCUT2D eigenvalue weighted by molar-refractivity contribution is 7.22. The molecule has 3 heterocycles. The van der Waals surface area contributed by atoms with Crippen LogP contribution in [0.4, 0.5) is 5.82 Å². The molecule has 1 aliphatic rings. The van der Waals surface area contributed by atoms with Gasteiger partial charge in [-0.1, -0.05) is 23.7 Å². The lowest BCUT2D eigenvalue weighted by atomic mass is 9.91. The Morgan fingerprint density at radius 3 is 2.49 bits per heavy atom. The van der Waals surface area contributed by atoms with E-state index in [4.69, 9.17) is 35.9 Å². The topological polar surface area (TPSA) is 98.9 Å². The first-order valence-electron chi connectivity index (χ1n) is 14.9. The molecule has 5 aromatic rings. The normalized spacial score (nSPS) is 14.8. The molecule has 1 fully saturated rings. The number of aromatic nitrogens is 3. The number of rotatable bonds is 10. The number of anilines is 1. The summed E-state index contributed by atoms with van der Waals surface area (Å²) in [5.74, 6) is -0.120. The highest BCUT2D eigenvalue weighted by Gasteiger charge is 2.33. The number of ether oxygens (including phenoxy) is 3. The number of nitrogens with zero attached hydrogens (tertiary/aromatic N) is 4. The number of hydrogen-bond acceptors (Lipinski definition) is 8. The molecule has 1 atom stereocenters. The van der Waals surface area contributed by atoms with Crippen LogP contribution < -0.4 is 4.90 Å². The summed E-state index contributed by atoms with van der Waals surface area (Å²) >= 11 is 7.80. The number of thiazole rings is 1. The Labute approximate surface area is 271 Å². The van der Waals surface area contributed by atoms with Crippen LogP contribution >= 0.6 is 22.9 Å². The third-order valence-corrected chi connectivity index (χ3v) is 9.27. The van der Waals surface area contributed by atoms with E-state index in [9.17, 15) is 9.90 Å². The molecule has 0 bridgehead atoms. The zero-order valence-electron chi connectivity index (χ0n) is 26.3. The molecule has 0 amide bonds. The third kappa shape index (κ3) is 6.30. The Morgan fingerprint density at radius 2 is 1.82 bits per heavy atom. The maximum absolute atomic E-state index is 12.7. The molecule has 0 unspecified atom stereocenters. The van der Waals surface area contributed by atoms with Crippen molar-refractivity contribution in [2.75, 3.05) is 38.3 Å². The number of benzene rings is 3. The lowest BCUT2D eigenvalue weighted by Crippen LogP contribution is -2.52. The van der Waals surface area contributed by atoms with Crippen molar-refractivity contribution in [1.82, 2.24) is 14.8 Å². The van der Waals surface area contributed by atoms with Gasteiger partial charge in [0.1, 0.15) is 5.01 Å². The molecule has 6 rings (SSSR count). The number of hydrogen-bond donors (Lipinski definition) is 1. The van der Waals surface area contributed by atoms with E-state index in [2.05, 4.69) is 23.1 Å². The molecule has 0 aliphatic carbocycles. The first kappa shape index (κ1) is 31.4. The SMILES string of the molecule is COCCOC1CN(c2nn(C)c3ccc(-c4nc5cc(C)c([C@H](OC(C)(C)C)C(=O)O)c(-c6ccc(Cl)cc6)c5s4)cc23)C1. The number of carbonyl (C=O) groups is 1. The fourth-order valence-corrected chi connectivity index (χ4v) is 7.04. The fraction of sp³-hybridized carbons (Fsp3) is 0.382. The van der Waals surface area contributed by atoms with E-state index in [0.29, 0.717) is 23.8 Å². The molecule has 1 aliphatic heterocycles. The maximum Gasteiger partial charge on any atom is 0.337 e. The Morgan fingerprint density at radius 1 is 1.11 bits per heavy atom. The number of carboxylic acid groups (broad SMARTS) is 1. The quantitative estimate of drug-likeness (QED) is 0.158. The van der Waals surface area contributed by atoms with Gasteiger partial charge in [0, 0.05) is 54.3 Å². The van der Waals surface area contributed by atoms with Gasteiger partial charge in [-0.05, 0) is 75.2 Å². The van der Waals surface area contributed by atoms with Crippen molar-refractivity contribution >= 4 is 55.8 Å². The van der Waals surface area contributed by atoms with E-state index in [1.165, 1.54) is 0 Å². The Kier molecular flexibility index (Phi) is 8.62. The molecule has 45 heavy (non-hydrogen) atoms. The number of carboxylic acids is 1. The molecule has 2 aromatic heterocycles. The van der Waals surface area contributed by atoms with Crippen LogP contribution in [0.15, 0.2) is 48.5 Å². The molecule has 11 heteroatoms. The number of methoxy groups -OCH3 is 1. The number of aliphatic carboxylic acids is 1. The Balaban J connectivity index is 1.45. The first-order chi connectivity index (χ1) is 21.4. The highest BCUT2D eigenvalue weighted by atomic mass is 35.5. The number of aryl methyl sites for hydroxylation is 2. The smallest absolute Gasteiger partial charge is 0.337 e. The van der Waals surface area contributed by atoms with Crippen LogP contribution in [0.1, 0.15) is 38.0 Å². The molecule has 3 aromatic carbocycles. The standard InChI is InChI=1S/C34H37ClN4O5S/c1-19-15-25-30(28(20-7-10-22(35)11-8-20)27(19)29(33(40)41)44-34(2,3)4)45-32(36-25)21-9-12-26-24(16-21)31(37-38(26)5)39-17-23(18-39)43-14-13-42-6/h7-12,15-16,23,29H,13-14,17-18H2,1-6H3,(H,40,41)/t29-/m0/s1. The van der Waals surface area contributed by atoms with E-state index >= 15 is 0 Å². The minimum absolute atomic E-state index is 0.158. The molecule has 236 valence electrons. The minimum atomic E-state index is -1.17. The summed E-state index contributed by atoms with van der Waals surface area (Å²) in [6.07, 6.45) is -1.01. The van der Waals surface area contributed by atoms with Crippen LogP contribution in [0.25, 0.3) is 42.8 Å². The second-order valence-electron chi connectivity index (χ2n) is 12.4. The van der Waals surface area contributed by atoms with E-state index in [0.717, 1.165) is 67.3 Å². The van der Waals surface area contributed by atoms with Crippen LogP contribution in [-0.4, -0.2) is 71.0 Å². The van der Waals surface area contributed by atoms with Gasteiger partial charge in [-0.2, -0.15) is 5.10 Å². The minimum Gasteiger partial charge on any atom is -0.479 e. The van der Waals surface area contributed by atoms with Crippen molar-refractivity contribution in [2.24, 2.45) is 7.05 Å². The van der Waals surface area contributed by atoms with Gasteiger partial charge in [0.25, 0.3) is 0 Å². The third-order valence-electron chi connectivity index (χ3n) is 7.88. The molecule has 0 radical (unpaired) electrons. The van der Waals surface area contributed by atoms with E-state index in [-0.39, 0.29) is 6.10 Å². The summed E-state index contributed by atoms with van der Waals surface area (Å²) < 4.78 is 19.9. The molecule has 0 saturated carbocycles. The summed E-state index contributed by atoms with van der Waals surface area (Å²) in [5.41, 5.74) is 5.18. The van der Waals surface area contributed by atoms with Crippen LogP contribution in [-0.2, 0) is 26.1 Å². The molecule has 1 N–H and O–H groups in total. The second kappa shape index (κ2) is 12.3. The Bertz CT molecular complexity index is 1870. The summed E-state index contributed by atoms with van der Waals surface area (Å²) in [5, 5.41) is 17.7. The predicted molar refractivity (Wildman–Crippen MR) is 180 cm³/mol. The van der Waals surface area contributed by atoms with Gasteiger partial charge in [0.2, 0.25) is 0 Å². The monoisotopic (exact) mass is 648 g/mol. The molecular weight excluding hydrogens is 612 g/mol. The van der Waals surface area contributed by atoms with Gasteiger partial charge >= 0.3 is 5.97 Å². The van der Waals surface area contributed by atoms with Crippen molar-refractivity contribution in [3.8, 4) is 21.7 Å². The number of fused-ring (bicyclic) bond motifs is 2. The van der Waals surface area contributed by atoms with Gasteiger partial charge in [0.05, 0.1) is 40.7 Å². The molecular formula is C34H37ClN4O5S. The van der Waals surface area contributed by atoms with E-state index < -0.39 is 17.7 Å². The average Bonchev–Trinajstić information content (AvgIpc) is 3.53. The molecule has 1 saturated heterocycles. The van der Waals surface area contributed by atoms with Crippen molar-refractivity contribution in [1.29, 1.82) is 0 Å². The summed E-state index contributed by atoms with van der Waals surface area (Å²) in [4.78, 5) is 20.0. The molecule has 9 nitrogen and oxygen atoms in total. The zero-order valence-corrected chi connectivity index (χ0v) is 27.8. The first-order valence-corrected chi connectivity index (χ1v) is 16.1. The summed E-state index contributed by atoms with van der Waals surface area (Å²) in [7, 11) is 3.63. The van der Waals surface area contributed by atoms with E-state index in [1.807, 2.05) is 69.8 Å². The highest BCUT2D eigenvalue weighted by Crippen LogP contribution is 2.45.